The first-order valence-electron chi connectivity index (χ1n) is 18.1. The van der Waals surface area contributed by atoms with Crippen LogP contribution in [0.3, 0.4) is 0 Å². The average Bonchev–Trinajstić information content (AvgIpc) is 3.78. The summed E-state index contributed by atoms with van der Waals surface area (Å²) in [6.07, 6.45) is 0. The molecular weight excluding hydrogens is 645 g/mol. The van der Waals surface area contributed by atoms with E-state index in [4.69, 9.17) is 4.42 Å². The lowest BCUT2D eigenvalue weighted by Gasteiger charge is -2.28. The minimum absolute atomic E-state index is 0.867. The van der Waals surface area contributed by atoms with Gasteiger partial charge < -0.3 is 13.9 Å². The second-order valence-corrected chi connectivity index (χ2v) is 13.7. The molecule has 0 N–H and O–H groups in total. The third kappa shape index (κ3) is 4.54. The normalized spacial score (nSPS) is 11.8. The van der Waals surface area contributed by atoms with E-state index in [-0.39, 0.29) is 0 Å². The van der Waals surface area contributed by atoms with Gasteiger partial charge in [0.2, 0.25) is 0 Å². The number of fused-ring (bicyclic) bond motifs is 9. The van der Waals surface area contributed by atoms with Crippen LogP contribution >= 0.6 is 0 Å². The van der Waals surface area contributed by atoms with Crippen LogP contribution in [-0.4, -0.2) is 4.57 Å². The third-order valence-corrected chi connectivity index (χ3v) is 10.7. The molecule has 0 spiro atoms. The van der Waals surface area contributed by atoms with Gasteiger partial charge in [0.1, 0.15) is 11.2 Å². The number of para-hydroxylation sites is 4. The maximum Gasteiger partial charge on any atom is 0.145 e. The molecule has 3 nitrogen and oxygen atoms in total. The average molecular weight is 677 g/mol. The van der Waals surface area contributed by atoms with Crippen molar-refractivity contribution in [2.75, 3.05) is 4.90 Å². The van der Waals surface area contributed by atoms with Gasteiger partial charge in [0.05, 0.1) is 27.8 Å². The van der Waals surface area contributed by atoms with Gasteiger partial charge in [-0.1, -0.05) is 133 Å². The molecular formula is C50H32N2O. The quantitative estimate of drug-likeness (QED) is 0.169. The minimum Gasteiger partial charge on any atom is -0.455 e. The summed E-state index contributed by atoms with van der Waals surface area (Å²) in [7, 11) is 0. The van der Waals surface area contributed by atoms with Crippen LogP contribution in [0.15, 0.2) is 199 Å². The molecule has 0 unspecified atom stereocenters. The maximum absolute atomic E-state index is 6.90. The van der Waals surface area contributed by atoms with Gasteiger partial charge >= 0.3 is 0 Å². The molecule has 2 heterocycles. The molecule has 9 aromatic carbocycles. The Labute approximate surface area is 306 Å². The standard InChI is InChI=1S/C50H32N2O/c1-2-17-35(18-3-1)51(47-32-34-15-4-5-20-37(34)39-21-6-7-22-40(39)47)46-30-29-38(50-49(46)43-25-10-13-28-48(43)53-50)33-16-14-19-36(31-33)52-44-26-11-8-23-41(44)42-24-9-12-27-45(42)52/h1-32H. The van der Waals surface area contributed by atoms with E-state index in [1.807, 2.05) is 0 Å². The van der Waals surface area contributed by atoms with Crippen LogP contribution in [0.5, 0.6) is 0 Å². The van der Waals surface area contributed by atoms with Gasteiger partial charge in [-0.2, -0.15) is 0 Å². The van der Waals surface area contributed by atoms with Gasteiger partial charge in [-0.25, -0.2) is 0 Å². The van der Waals surface area contributed by atoms with Crippen LogP contribution in [-0.2, 0) is 0 Å². The first-order chi connectivity index (χ1) is 26.3. The van der Waals surface area contributed by atoms with Crippen molar-refractivity contribution < 1.29 is 4.42 Å². The Hall–Kier alpha value is -7.10. The maximum atomic E-state index is 6.90. The summed E-state index contributed by atoms with van der Waals surface area (Å²) < 4.78 is 9.27. The van der Waals surface area contributed by atoms with Gasteiger partial charge in [0, 0.05) is 38.5 Å². The Morgan fingerprint density at radius 3 is 1.81 bits per heavy atom. The fraction of sp³-hybridized carbons (Fsp3) is 0. The molecule has 0 bridgehead atoms. The second kappa shape index (κ2) is 11.7. The fourth-order valence-corrected chi connectivity index (χ4v) is 8.44. The Balaban J connectivity index is 1.18. The van der Waals surface area contributed by atoms with Gasteiger partial charge in [0.25, 0.3) is 0 Å². The van der Waals surface area contributed by atoms with Crippen LogP contribution in [0, 0.1) is 0 Å². The van der Waals surface area contributed by atoms with Crippen molar-refractivity contribution in [1.82, 2.24) is 4.57 Å². The van der Waals surface area contributed by atoms with Crippen LogP contribution in [0.2, 0.25) is 0 Å². The molecule has 0 saturated carbocycles. The largest absolute Gasteiger partial charge is 0.455 e. The van der Waals surface area contributed by atoms with Gasteiger partial charge in [-0.05, 0) is 82.4 Å². The van der Waals surface area contributed by atoms with Gasteiger partial charge in [-0.3, -0.25) is 0 Å². The number of hydrogen-bond donors (Lipinski definition) is 0. The summed E-state index contributed by atoms with van der Waals surface area (Å²) in [6, 6.07) is 69.6. The Morgan fingerprint density at radius 1 is 0.415 bits per heavy atom. The van der Waals surface area contributed by atoms with E-state index in [2.05, 4.69) is 204 Å². The molecule has 0 atom stereocenters. The highest BCUT2D eigenvalue weighted by atomic mass is 16.3. The fourth-order valence-electron chi connectivity index (χ4n) is 8.44. The van der Waals surface area contributed by atoms with Crippen molar-refractivity contribution >= 4 is 82.4 Å². The summed E-state index contributed by atoms with van der Waals surface area (Å²) >= 11 is 0. The summed E-state index contributed by atoms with van der Waals surface area (Å²) in [6.45, 7) is 0. The van der Waals surface area contributed by atoms with Crippen LogP contribution in [0.25, 0.3) is 82.1 Å². The number of hydrogen-bond acceptors (Lipinski definition) is 2. The number of aromatic nitrogens is 1. The molecule has 0 aliphatic heterocycles. The minimum atomic E-state index is 0.867. The van der Waals surface area contributed by atoms with Crippen molar-refractivity contribution in [3.8, 4) is 16.8 Å². The number of rotatable bonds is 5. The Kier molecular flexibility index (Phi) is 6.55. The second-order valence-electron chi connectivity index (χ2n) is 13.7. The molecule has 0 aliphatic rings. The predicted octanol–water partition coefficient (Wildman–Crippen LogP) is 14.1. The first-order valence-corrected chi connectivity index (χ1v) is 18.1. The lowest BCUT2D eigenvalue weighted by molar-refractivity contribution is 0.670. The number of nitrogens with zero attached hydrogens (tertiary/aromatic N) is 2. The zero-order chi connectivity index (χ0) is 34.9. The van der Waals surface area contributed by atoms with Crippen molar-refractivity contribution in [3.05, 3.63) is 194 Å². The first kappa shape index (κ1) is 29.6. The van der Waals surface area contributed by atoms with E-state index in [0.29, 0.717) is 0 Å². The molecule has 11 aromatic rings. The molecule has 3 heteroatoms. The number of furan rings is 1. The van der Waals surface area contributed by atoms with E-state index in [0.717, 1.165) is 55.8 Å². The highest BCUT2D eigenvalue weighted by Crippen LogP contribution is 2.48. The highest BCUT2D eigenvalue weighted by Gasteiger charge is 2.24. The molecule has 2 aromatic heterocycles. The Morgan fingerprint density at radius 2 is 1.04 bits per heavy atom. The van der Waals surface area contributed by atoms with Gasteiger partial charge in [-0.15, -0.1) is 0 Å². The predicted molar refractivity (Wildman–Crippen MR) is 223 cm³/mol. The zero-order valence-corrected chi connectivity index (χ0v) is 28.8. The van der Waals surface area contributed by atoms with E-state index in [1.54, 1.807) is 0 Å². The molecule has 53 heavy (non-hydrogen) atoms. The smallest absolute Gasteiger partial charge is 0.145 e. The third-order valence-electron chi connectivity index (χ3n) is 10.7. The molecule has 0 radical (unpaired) electrons. The van der Waals surface area contributed by atoms with Crippen molar-refractivity contribution in [3.63, 3.8) is 0 Å². The zero-order valence-electron chi connectivity index (χ0n) is 28.8. The topological polar surface area (TPSA) is 21.3 Å². The lowest BCUT2D eigenvalue weighted by Crippen LogP contribution is -2.11. The molecule has 0 amide bonds. The van der Waals surface area contributed by atoms with Crippen LogP contribution in [0.1, 0.15) is 0 Å². The van der Waals surface area contributed by atoms with Crippen LogP contribution < -0.4 is 4.90 Å². The van der Waals surface area contributed by atoms with Gasteiger partial charge in [0.15, 0.2) is 0 Å². The molecule has 11 rings (SSSR count). The van der Waals surface area contributed by atoms with E-state index in [9.17, 15) is 0 Å². The van der Waals surface area contributed by atoms with Crippen molar-refractivity contribution in [1.29, 1.82) is 0 Å². The summed E-state index contributed by atoms with van der Waals surface area (Å²) in [5.41, 5.74) is 10.7. The Bertz CT molecular complexity index is 3130. The van der Waals surface area contributed by atoms with E-state index >= 15 is 0 Å². The summed E-state index contributed by atoms with van der Waals surface area (Å²) in [5.74, 6) is 0. The molecule has 0 aliphatic carbocycles. The summed E-state index contributed by atoms with van der Waals surface area (Å²) in [4.78, 5) is 2.41. The van der Waals surface area contributed by atoms with Crippen molar-refractivity contribution in [2.24, 2.45) is 0 Å². The van der Waals surface area contributed by atoms with E-state index < -0.39 is 0 Å². The van der Waals surface area contributed by atoms with Crippen LogP contribution in [0.4, 0.5) is 17.1 Å². The number of benzene rings is 9. The van der Waals surface area contributed by atoms with Crippen molar-refractivity contribution in [2.45, 2.75) is 0 Å². The summed E-state index contributed by atoms with van der Waals surface area (Å²) in [5, 5.41) is 9.54. The SMILES string of the molecule is c1ccc(N(c2cc3ccccc3c3ccccc23)c2ccc(-c3cccc(-n4c5ccccc5c5ccccc54)c3)c3oc4ccccc4c23)cc1. The molecule has 0 fully saturated rings. The van der Waals surface area contributed by atoms with E-state index in [1.165, 1.54) is 43.4 Å². The monoisotopic (exact) mass is 676 g/mol. The molecule has 0 saturated heterocycles. The lowest BCUT2D eigenvalue weighted by atomic mass is 9.97. The molecule has 248 valence electrons. The highest BCUT2D eigenvalue weighted by molar-refractivity contribution is 6.20. The number of anilines is 3.